The molecule has 7 rings (SSSR count). The molecule has 2 fully saturated rings. The van der Waals surface area contributed by atoms with E-state index >= 15 is 0 Å². The van der Waals surface area contributed by atoms with E-state index in [2.05, 4.69) is 70.2 Å². The van der Waals surface area contributed by atoms with E-state index in [9.17, 15) is 0 Å². The van der Waals surface area contributed by atoms with Gasteiger partial charge in [0.25, 0.3) is 0 Å². The highest BCUT2D eigenvalue weighted by Crippen LogP contribution is 2.36. The van der Waals surface area contributed by atoms with Crippen molar-refractivity contribution in [3.8, 4) is 11.1 Å². The highest BCUT2D eigenvalue weighted by atomic mass is 16.5. The number of nitrogens with zero attached hydrogens (tertiary/aromatic N) is 5. The zero-order valence-electron chi connectivity index (χ0n) is 22.1. The Kier molecular flexibility index (Phi) is 6.34. The molecule has 0 spiro atoms. The molecular formula is C31H36N6O. The quantitative estimate of drug-likeness (QED) is 0.408. The molecule has 0 aliphatic carbocycles. The number of hydrogen-bond acceptors (Lipinski definition) is 6. The SMILES string of the molecule is C[C@@H]1CC(C2CCNCC2)CCN1c1ncc(-c2ccc3nc4n(c3c2)[C@@H](c2ccccc2)COC4)cn1. The third-order valence-electron chi connectivity index (χ3n) is 8.96. The molecule has 4 aromatic rings. The van der Waals surface area contributed by atoms with Crippen molar-refractivity contribution in [2.24, 2.45) is 11.8 Å². The minimum absolute atomic E-state index is 0.119. The largest absolute Gasteiger partial charge is 0.371 e. The average Bonchev–Trinajstić information content (AvgIpc) is 3.36. The van der Waals surface area contributed by atoms with Crippen molar-refractivity contribution in [3.63, 3.8) is 0 Å². The molecule has 3 aliphatic rings. The fourth-order valence-electron chi connectivity index (χ4n) is 6.90. The second-order valence-corrected chi connectivity index (χ2v) is 11.2. The molecule has 38 heavy (non-hydrogen) atoms. The van der Waals surface area contributed by atoms with Crippen molar-refractivity contribution in [1.29, 1.82) is 0 Å². The number of ether oxygens (including phenoxy) is 1. The van der Waals surface area contributed by atoms with Crippen LogP contribution in [0.1, 0.15) is 50.0 Å². The predicted octanol–water partition coefficient (Wildman–Crippen LogP) is 5.22. The van der Waals surface area contributed by atoms with Crippen LogP contribution in [0.3, 0.4) is 0 Å². The maximum atomic E-state index is 5.92. The molecular weight excluding hydrogens is 472 g/mol. The summed E-state index contributed by atoms with van der Waals surface area (Å²) < 4.78 is 8.27. The Hall–Kier alpha value is -3.29. The topological polar surface area (TPSA) is 68.1 Å². The summed E-state index contributed by atoms with van der Waals surface area (Å²) in [4.78, 5) is 17.0. The second-order valence-electron chi connectivity index (χ2n) is 11.2. The Morgan fingerprint density at radius 1 is 0.921 bits per heavy atom. The minimum atomic E-state index is 0.119. The number of rotatable bonds is 4. The normalized spacial score (nSPS) is 24.4. The molecule has 2 aromatic heterocycles. The zero-order valence-corrected chi connectivity index (χ0v) is 22.1. The number of imidazole rings is 1. The van der Waals surface area contributed by atoms with Gasteiger partial charge < -0.3 is 19.5 Å². The highest BCUT2D eigenvalue weighted by Gasteiger charge is 2.32. The van der Waals surface area contributed by atoms with Gasteiger partial charge in [0.15, 0.2) is 0 Å². The molecule has 0 saturated carbocycles. The number of piperidine rings is 2. The van der Waals surface area contributed by atoms with Crippen molar-refractivity contribution in [1.82, 2.24) is 24.8 Å². The van der Waals surface area contributed by atoms with Crippen LogP contribution in [0.15, 0.2) is 60.9 Å². The van der Waals surface area contributed by atoms with Gasteiger partial charge >= 0.3 is 0 Å². The summed E-state index contributed by atoms with van der Waals surface area (Å²) in [5.41, 5.74) is 5.52. The standard InChI is InChI=1S/C31H36N6O/c1-21-15-25(22-9-12-32-13-10-22)11-14-36(21)31-33-17-26(18-34-31)24-7-8-27-28(16-24)37-29(19-38-20-30(37)35-27)23-5-3-2-4-6-23/h2-8,16-18,21-22,25,29,32H,9-15,19-20H2,1H3/t21-,25?,29-/m1/s1. The summed E-state index contributed by atoms with van der Waals surface area (Å²) in [7, 11) is 0. The molecule has 5 heterocycles. The van der Waals surface area contributed by atoms with Gasteiger partial charge in [0.1, 0.15) is 12.4 Å². The monoisotopic (exact) mass is 508 g/mol. The van der Waals surface area contributed by atoms with Gasteiger partial charge in [-0.3, -0.25) is 0 Å². The molecule has 1 N–H and O–H groups in total. The summed E-state index contributed by atoms with van der Waals surface area (Å²) in [6, 6.07) is 17.6. The Morgan fingerprint density at radius 2 is 1.74 bits per heavy atom. The van der Waals surface area contributed by atoms with Crippen LogP contribution in [-0.4, -0.2) is 51.8 Å². The van der Waals surface area contributed by atoms with E-state index in [1.807, 2.05) is 12.4 Å². The lowest BCUT2D eigenvalue weighted by atomic mass is 9.77. The Morgan fingerprint density at radius 3 is 2.53 bits per heavy atom. The fourth-order valence-corrected chi connectivity index (χ4v) is 6.90. The maximum absolute atomic E-state index is 5.92. The van der Waals surface area contributed by atoms with E-state index < -0.39 is 0 Å². The van der Waals surface area contributed by atoms with Crippen LogP contribution < -0.4 is 10.2 Å². The molecule has 3 aliphatic heterocycles. The molecule has 2 aromatic carbocycles. The van der Waals surface area contributed by atoms with Crippen molar-refractivity contribution in [2.75, 3.05) is 31.1 Å². The molecule has 196 valence electrons. The molecule has 7 nitrogen and oxygen atoms in total. The average molecular weight is 509 g/mol. The van der Waals surface area contributed by atoms with Gasteiger partial charge in [-0.25, -0.2) is 15.0 Å². The van der Waals surface area contributed by atoms with Gasteiger partial charge in [-0.05, 0) is 80.8 Å². The first kappa shape index (κ1) is 23.8. The van der Waals surface area contributed by atoms with Crippen LogP contribution in [0.4, 0.5) is 5.95 Å². The lowest BCUT2D eigenvalue weighted by Gasteiger charge is -2.41. The summed E-state index contributed by atoms with van der Waals surface area (Å²) in [6.07, 6.45) is 9.11. The minimum Gasteiger partial charge on any atom is -0.371 e. The highest BCUT2D eigenvalue weighted by molar-refractivity contribution is 5.83. The van der Waals surface area contributed by atoms with Crippen LogP contribution in [0.5, 0.6) is 0 Å². The Labute approximate surface area is 224 Å². The summed E-state index contributed by atoms with van der Waals surface area (Å²) in [5, 5.41) is 3.51. The molecule has 0 bridgehead atoms. The van der Waals surface area contributed by atoms with E-state index in [0.717, 1.165) is 52.3 Å². The van der Waals surface area contributed by atoms with Gasteiger partial charge in [-0.1, -0.05) is 36.4 Å². The first-order valence-electron chi connectivity index (χ1n) is 14.2. The third-order valence-corrected chi connectivity index (χ3v) is 8.96. The lowest BCUT2D eigenvalue weighted by Crippen LogP contribution is -2.45. The molecule has 3 atom stereocenters. The summed E-state index contributed by atoms with van der Waals surface area (Å²) in [6.45, 7) is 6.94. The van der Waals surface area contributed by atoms with Gasteiger partial charge in [0.2, 0.25) is 5.95 Å². The molecule has 0 radical (unpaired) electrons. The number of hydrogen-bond donors (Lipinski definition) is 1. The second kappa shape index (κ2) is 10.1. The zero-order chi connectivity index (χ0) is 25.5. The predicted molar refractivity (Wildman–Crippen MR) is 150 cm³/mol. The molecule has 0 amide bonds. The Bertz CT molecular complexity index is 1400. The summed E-state index contributed by atoms with van der Waals surface area (Å²) in [5.74, 6) is 3.54. The van der Waals surface area contributed by atoms with E-state index in [-0.39, 0.29) is 6.04 Å². The smallest absolute Gasteiger partial charge is 0.225 e. The van der Waals surface area contributed by atoms with Crippen molar-refractivity contribution >= 4 is 17.0 Å². The summed E-state index contributed by atoms with van der Waals surface area (Å²) >= 11 is 0. The molecule has 7 heteroatoms. The van der Waals surface area contributed by atoms with Gasteiger partial charge in [-0.15, -0.1) is 0 Å². The van der Waals surface area contributed by atoms with Crippen LogP contribution >= 0.6 is 0 Å². The van der Waals surface area contributed by atoms with Crippen molar-refractivity contribution in [3.05, 3.63) is 72.3 Å². The number of anilines is 1. The van der Waals surface area contributed by atoms with Gasteiger partial charge in [-0.2, -0.15) is 0 Å². The molecule has 1 unspecified atom stereocenters. The fraction of sp³-hybridized carbons (Fsp3) is 0.452. The van der Waals surface area contributed by atoms with E-state index in [1.165, 1.54) is 44.3 Å². The lowest BCUT2D eigenvalue weighted by molar-refractivity contribution is 0.0679. The van der Waals surface area contributed by atoms with Crippen LogP contribution in [0.2, 0.25) is 0 Å². The number of nitrogens with one attached hydrogen (secondary N) is 1. The van der Waals surface area contributed by atoms with E-state index in [1.54, 1.807) is 0 Å². The van der Waals surface area contributed by atoms with Crippen molar-refractivity contribution in [2.45, 2.75) is 51.3 Å². The van der Waals surface area contributed by atoms with E-state index in [0.29, 0.717) is 19.3 Å². The maximum Gasteiger partial charge on any atom is 0.225 e. The van der Waals surface area contributed by atoms with Crippen molar-refractivity contribution < 1.29 is 4.74 Å². The van der Waals surface area contributed by atoms with Gasteiger partial charge in [0, 0.05) is 30.5 Å². The van der Waals surface area contributed by atoms with E-state index in [4.69, 9.17) is 19.7 Å². The number of benzene rings is 2. The van der Waals surface area contributed by atoms with Crippen LogP contribution in [-0.2, 0) is 11.3 Å². The van der Waals surface area contributed by atoms with Gasteiger partial charge in [0.05, 0.1) is 23.7 Å². The van der Waals surface area contributed by atoms with Crippen LogP contribution in [0, 0.1) is 11.8 Å². The first-order valence-corrected chi connectivity index (χ1v) is 14.2. The molecule has 2 saturated heterocycles. The third kappa shape index (κ3) is 4.37. The number of aromatic nitrogens is 4. The number of fused-ring (bicyclic) bond motifs is 3. The Balaban J connectivity index is 1.13. The van der Waals surface area contributed by atoms with Crippen LogP contribution in [0.25, 0.3) is 22.2 Å². The first-order chi connectivity index (χ1) is 18.7.